The molecule has 178 valence electrons. The van der Waals surface area contributed by atoms with E-state index in [4.69, 9.17) is 4.74 Å². The number of nitrogens with zero attached hydrogens (tertiary/aromatic N) is 6. The Balaban J connectivity index is 1.36. The van der Waals surface area contributed by atoms with Crippen LogP contribution in [0.25, 0.3) is 0 Å². The fourth-order valence-corrected chi connectivity index (χ4v) is 4.19. The molecule has 0 saturated carbocycles. The summed E-state index contributed by atoms with van der Waals surface area (Å²) in [5.41, 5.74) is 0.876. The second kappa shape index (κ2) is 8.08. The Hall–Kier alpha value is -4.03. The van der Waals surface area contributed by atoms with Gasteiger partial charge in [0, 0.05) is 37.3 Å². The van der Waals surface area contributed by atoms with Gasteiger partial charge >= 0.3 is 12.1 Å². The van der Waals surface area contributed by atoms with Crippen LogP contribution >= 0.6 is 0 Å². The summed E-state index contributed by atoms with van der Waals surface area (Å²) in [6.07, 6.45) is 3.79. The highest BCUT2D eigenvalue weighted by molar-refractivity contribution is 5.91. The first-order chi connectivity index (χ1) is 16.2. The summed E-state index contributed by atoms with van der Waals surface area (Å²) < 4.78 is 49.3. The third-order valence-electron chi connectivity index (χ3n) is 5.96. The standard InChI is InChI=1S/C21H20F3N7O3/c1-11-8-31-16(9-29(11)20(32)27-12-5-13(22)18(24)14(23)6-12)15(7-26-31)30-10-17(34-21(30)33)19-25-3-4-28(19)2/h3-7,11,17H,8-10H2,1-2H3,(H,27,32). The molecule has 1 saturated heterocycles. The smallest absolute Gasteiger partial charge is 0.415 e. The zero-order valence-electron chi connectivity index (χ0n) is 18.2. The lowest BCUT2D eigenvalue weighted by molar-refractivity contribution is 0.136. The quantitative estimate of drug-likeness (QED) is 0.587. The second-order valence-electron chi connectivity index (χ2n) is 8.20. The van der Waals surface area contributed by atoms with Crippen molar-refractivity contribution in [3.8, 4) is 0 Å². The number of carbonyl (C=O) groups excluding carboxylic acids is 2. The number of halogens is 3. The molecule has 10 nitrogen and oxygen atoms in total. The number of hydrogen-bond acceptors (Lipinski definition) is 5. The average molecular weight is 475 g/mol. The number of anilines is 2. The minimum absolute atomic E-state index is 0.0747. The van der Waals surface area contributed by atoms with Gasteiger partial charge in [0.25, 0.3) is 0 Å². The number of cyclic esters (lactones) is 1. The normalized spacial score (nSPS) is 19.9. The molecule has 1 N–H and O–H groups in total. The number of aromatic nitrogens is 4. The van der Waals surface area contributed by atoms with Crippen LogP contribution in [0.5, 0.6) is 0 Å². The highest BCUT2D eigenvalue weighted by Gasteiger charge is 2.39. The number of urea groups is 1. The molecule has 13 heteroatoms. The van der Waals surface area contributed by atoms with Crippen LogP contribution in [-0.2, 0) is 24.9 Å². The molecule has 2 unspecified atom stereocenters. The maximum Gasteiger partial charge on any atom is 0.415 e. The van der Waals surface area contributed by atoms with Gasteiger partial charge in [-0.2, -0.15) is 5.10 Å². The van der Waals surface area contributed by atoms with Gasteiger partial charge in [-0.05, 0) is 6.92 Å². The van der Waals surface area contributed by atoms with E-state index in [2.05, 4.69) is 15.4 Å². The van der Waals surface area contributed by atoms with Crippen molar-refractivity contribution in [1.29, 1.82) is 0 Å². The van der Waals surface area contributed by atoms with Crippen molar-refractivity contribution in [1.82, 2.24) is 24.2 Å². The fourth-order valence-electron chi connectivity index (χ4n) is 4.19. The van der Waals surface area contributed by atoms with Gasteiger partial charge in [-0.3, -0.25) is 9.58 Å². The van der Waals surface area contributed by atoms with Gasteiger partial charge in [-0.15, -0.1) is 0 Å². The summed E-state index contributed by atoms with van der Waals surface area (Å²) in [7, 11) is 1.80. The topological polar surface area (TPSA) is 97.5 Å². The van der Waals surface area contributed by atoms with Crippen molar-refractivity contribution in [2.45, 2.75) is 32.2 Å². The van der Waals surface area contributed by atoms with E-state index in [9.17, 15) is 22.8 Å². The van der Waals surface area contributed by atoms with Crippen molar-refractivity contribution in [2.24, 2.45) is 7.05 Å². The molecule has 5 rings (SSSR count). The summed E-state index contributed by atoms with van der Waals surface area (Å²) in [6, 6.07) is 0.462. The largest absolute Gasteiger partial charge is 0.436 e. The van der Waals surface area contributed by atoms with Crippen LogP contribution in [0.3, 0.4) is 0 Å². The minimum atomic E-state index is -1.61. The Morgan fingerprint density at radius 2 is 1.94 bits per heavy atom. The maximum absolute atomic E-state index is 13.5. The molecule has 2 aliphatic rings. The van der Waals surface area contributed by atoms with Crippen molar-refractivity contribution in [3.05, 3.63) is 59.7 Å². The van der Waals surface area contributed by atoms with Crippen molar-refractivity contribution in [2.75, 3.05) is 16.8 Å². The van der Waals surface area contributed by atoms with Gasteiger partial charge in [0.1, 0.15) is 0 Å². The lowest BCUT2D eigenvalue weighted by Gasteiger charge is -2.34. The molecule has 4 heterocycles. The SMILES string of the molecule is CC1Cn2ncc(N3CC(c4nccn4C)OC3=O)c2CN1C(=O)Nc1cc(F)c(F)c(F)c1. The van der Waals surface area contributed by atoms with E-state index in [1.807, 2.05) is 0 Å². The summed E-state index contributed by atoms with van der Waals surface area (Å²) in [6.45, 7) is 2.42. The van der Waals surface area contributed by atoms with E-state index in [0.29, 0.717) is 35.9 Å². The molecular weight excluding hydrogens is 455 g/mol. The predicted molar refractivity (Wildman–Crippen MR) is 112 cm³/mol. The molecule has 2 aliphatic heterocycles. The third kappa shape index (κ3) is 3.62. The molecule has 0 aliphatic carbocycles. The number of carbonyl (C=O) groups is 2. The third-order valence-corrected chi connectivity index (χ3v) is 5.96. The molecule has 2 atom stereocenters. The molecule has 1 fully saturated rings. The van der Waals surface area contributed by atoms with Crippen LogP contribution < -0.4 is 10.2 Å². The molecule has 0 spiro atoms. The summed E-state index contributed by atoms with van der Waals surface area (Å²) >= 11 is 0. The first-order valence-corrected chi connectivity index (χ1v) is 10.4. The molecule has 3 aromatic rings. The van der Waals surface area contributed by atoms with Gasteiger partial charge in [0.15, 0.2) is 29.4 Å². The zero-order chi connectivity index (χ0) is 24.1. The maximum atomic E-state index is 13.5. The zero-order valence-corrected chi connectivity index (χ0v) is 18.2. The number of benzene rings is 1. The Kier molecular flexibility index (Phi) is 5.18. The van der Waals surface area contributed by atoms with Crippen LogP contribution in [0.2, 0.25) is 0 Å². The van der Waals surface area contributed by atoms with Crippen LogP contribution in [0, 0.1) is 17.5 Å². The number of fused-ring (bicyclic) bond motifs is 1. The highest BCUT2D eigenvalue weighted by atomic mass is 19.2. The van der Waals surface area contributed by atoms with Crippen LogP contribution in [-0.4, -0.2) is 48.9 Å². The second-order valence-corrected chi connectivity index (χ2v) is 8.20. The van der Waals surface area contributed by atoms with Crippen molar-refractivity contribution >= 4 is 23.5 Å². The number of imidazole rings is 1. The number of aryl methyl sites for hydroxylation is 1. The minimum Gasteiger partial charge on any atom is -0.436 e. The van der Waals surface area contributed by atoms with E-state index in [1.54, 1.807) is 35.6 Å². The van der Waals surface area contributed by atoms with Crippen LogP contribution in [0.4, 0.5) is 34.1 Å². The summed E-state index contributed by atoms with van der Waals surface area (Å²) in [5.74, 6) is -3.82. The molecule has 1 aromatic carbocycles. The van der Waals surface area contributed by atoms with Crippen LogP contribution in [0.1, 0.15) is 24.5 Å². The first kappa shape index (κ1) is 21.8. The number of nitrogens with one attached hydrogen (secondary N) is 1. The summed E-state index contributed by atoms with van der Waals surface area (Å²) in [5, 5.41) is 6.75. The lowest BCUT2D eigenvalue weighted by atomic mass is 10.2. The fraction of sp³-hybridized carbons (Fsp3) is 0.333. The van der Waals surface area contributed by atoms with E-state index in [0.717, 1.165) is 0 Å². The first-order valence-electron chi connectivity index (χ1n) is 10.4. The number of ether oxygens (including phenoxy) is 1. The lowest BCUT2D eigenvalue weighted by Crippen LogP contribution is -2.47. The Bertz CT molecular complexity index is 1270. The molecule has 34 heavy (non-hydrogen) atoms. The number of rotatable bonds is 3. The van der Waals surface area contributed by atoms with Gasteiger partial charge < -0.3 is 19.5 Å². The van der Waals surface area contributed by atoms with E-state index >= 15 is 0 Å². The Labute approximate surface area is 191 Å². The predicted octanol–water partition coefficient (Wildman–Crippen LogP) is 3.17. The van der Waals surface area contributed by atoms with Gasteiger partial charge in [0.2, 0.25) is 0 Å². The molecule has 3 amide bonds. The molecular formula is C21H20F3N7O3. The van der Waals surface area contributed by atoms with Crippen LogP contribution in [0.15, 0.2) is 30.7 Å². The Morgan fingerprint density at radius 3 is 2.62 bits per heavy atom. The van der Waals surface area contributed by atoms with Crippen molar-refractivity contribution in [3.63, 3.8) is 0 Å². The molecule has 2 aromatic heterocycles. The molecule has 0 bridgehead atoms. The number of hydrogen-bond donors (Lipinski definition) is 1. The van der Waals surface area contributed by atoms with Crippen molar-refractivity contribution < 1.29 is 27.5 Å². The highest BCUT2D eigenvalue weighted by Crippen LogP contribution is 2.34. The van der Waals surface area contributed by atoms with E-state index in [-0.39, 0.29) is 24.8 Å². The average Bonchev–Trinajstić information content (AvgIpc) is 3.49. The van der Waals surface area contributed by atoms with Gasteiger partial charge in [-0.1, -0.05) is 0 Å². The van der Waals surface area contributed by atoms with Gasteiger partial charge in [-0.25, -0.2) is 27.7 Å². The summed E-state index contributed by atoms with van der Waals surface area (Å²) in [4.78, 5) is 32.6. The monoisotopic (exact) mass is 475 g/mol. The van der Waals surface area contributed by atoms with E-state index < -0.39 is 35.7 Å². The van der Waals surface area contributed by atoms with E-state index in [1.165, 1.54) is 16.0 Å². The Morgan fingerprint density at radius 1 is 1.21 bits per heavy atom. The molecule has 0 radical (unpaired) electrons. The number of amides is 3. The van der Waals surface area contributed by atoms with Gasteiger partial charge in [0.05, 0.1) is 43.3 Å².